The number of carbonyl (C=O) groups excluding carboxylic acids is 2. The van der Waals surface area contributed by atoms with Crippen LogP contribution in [-0.4, -0.2) is 56.3 Å². The molecule has 0 bridgehead atoms. The van der Waals surface area contributed by atoms with Crippen molar-refractivity contribution in [2.75, 3.05) is 24.5 Å². The third-order valence-electron chi connectivity index (χ3n) is 6.84. The molecule has 0 fully saturated rings. The summed E-state index contributed by atoms with van der Waals surface area (Å²) in [5, 5.41) is 14.6. The zero-order valence-corrected chi connectivity index (χ0v) is 26.2. The Morgan fingerprint density at radius 2 is 1.74 bits per heavy atom. The number of carbonyl (C=O) groups is 2. The maximum atomic E-state index is 14.2. The minimum Gasteiger partial charge on any atom is -0.495 e. The van der Waals surface area contributed by atoms with E-state index in [9.17, 15) is 28.1 Å². The number of ether oxygens (including phenoxy) is 1. The van der Waals surface area contributed by atoms with E-state index in [1.165, 1.54) is 49.3 Å². The van der Waals surface area contributed by atoms with Crippen molar-refractivity contribution < 1.29 is 27.7 Å². The lowest BCUT2D eigenvalue weighted by Crippen LogP contribution is -2.51. The van der Waals surface area contributed by atoms with Crippen molar-refractivity contribution in [3.8, 4) is 5.75 Å². The number of nitrogens with one attached hydrogen (secondary N) is 1. The molecule has 1 N–H and O–H groups in total. The molecule has 230 valence electrons. The molecule has 0 aliphatic heterocycles. The van der Waals surface area contributed by atoms with Crippen molar-refractivity contribution in [1.82, 2.24) is 10.2 Å². The number of aryl methyl sites for hydroxylation is 2. The highest BCUT2D eigenvalue weighted by atomic mass is 35.5. The van der Waals surface area contributed by atoms with Crippen LogP contribution in [0, 0.1) is 24.0 Å². The Labute approximate surface area is 256 Å². The lowest BCUT2D eigenvalue weighted by atomic mass is 10.1. The average Bonchev–Trinajstić information content (AvgIpc) is 2.97. The van der Waals surface area contributed by atoms with Gasteiger partial charge in [-0.2, -0.15) is 0 Å². The zero-order chi connectivity index (χ0) is 31.9. The van der Waals surface area contributed by atoms with E-state index >= 15 is 0 Å². The highest BCUT2D eigenvalue weighted by molar-refractivity contribution is 7.92. The lowest BCUT2D eigenvalue weighted by molar-refractivity contribution is -0.385. The maximum absolute atomic E-state index is 14.2. The summed E-state index contributed by atoms with van der Waals surface area (Å²) in [7, 11) is -3.27. The fourth-order valence-corrected chi connectivity index (χ4v) is 5.92. The summed E-state index contributed by atoms with van der Waals surface area (Å²) in [6.45, 7) is 6.56. The standard InChI is InChI=1S/C30H35ClN4O7S/c1-6-15-32-30(37)22(4)33(18-23-10-7-20(2)8-11-23)29(36)19-34(27-16-24(31)12-14-28(27)42-5)43(40,41)25-13-9-21(3)26(17-25)35(38)39/h7-14,16-17,22H,6,15,18-19H2,1-5H3,(H,32,37)/t22-/m1/s1. The molecule has 1 atom stereocenters. The quantitative estimate of drug-likeness (QED) is 0.207. The van der Waals surface area contributed by atoms with Crippen LogP contribution in [0.15, 0.2) is 65.6 Å². The number of nitrogens with zero attached hydrogens (tertiary/aromatic N) is 3. The molecule has 13 heteroatoms. The van der Waals surface area contributed by atoms with Crippen molar-refractivity contribution in [2.45, 2.75) is 51.6 Å². The van der Waals surface area contributed by atoms with E-state index in [0.29, 0.717) is 13.0 Å². The number of rotatable bonds is 13. The highest BCUT2D eigenvalue weighted by Gasteiger charge is 2.35. The molecule has 0 saturated heterocycles. The Morgan fingerprint density at radius 3 is 2.35 bits per heavy atom. The number of hydrogen-bond acceptors (Lipinski definition) is 7. The Bertz CT molecular complexity index is 1600. The van der Waals surface area contributed by atoms with E-state index in [-0.39, 0.29) is 28.6 Å². The summed E-state index contributed by atoms with van der Waals surface area (Å²) in [5.41, 5.74) is 1.56. The van der Waals surface area contributed by atoms with Gasteiger partial charge in [0, 0.05) is 29.7 Å². The first-order valence-corrected chi connectivity index (χ1v) is 15.4. The van der Waals surface area contributed by atoms with Crippen molar-refractivity contribution in [2.24, 2.45) is 0 Å². The van der Waals surface area contributed by atoms with Crippen molar-refractivity contribution in [3.63, 3.8) is 0 Å². The third kappa shape index (κ3) is 8.02. The molecule has 3 aromatic carbocycles. The molecule has 0 unspecified atom stereocenters. The first-order valence-electron chi connectivity index (χ1n) is 13.5. The molecule has 3 aromatic rings. The summed E-state index contributed by atoms with van der Waals surface area (Å²) in [6.07, 6.45) is 0.688. The largest absolute Gasteiger partial charge is 0.495 e. The number of hydrogen-bond donors (Lipinski definition) is 1. The minimum atomic E-state index is -4.60. The molecule has 0 aliphatic rings. The van der Waals surface area contributed by atoms with Gasteiger partial charge in [0.05, 0.1) is 22.6 Å². The monoisotopic (exact) mass is 630 g/mol. The van der Waals surface area contributed by atoms with Crippen LogP contribution in [0.3, 0.4) is 0 Å². The number of anilines is 1. The molecule has 2 amide bonds. The van der Waals surface area contributed by atoms with Gasteiger partial charge in [-0.05, 0) is 57.0 Å². The van der Waals surface area contributed by atoms with Gasteiger partial charge in [0.25, 0.3) is 15.7 Å². The predicted molar refractivity (Wildman–Crippen MR) is 165 cm³/mol. The number of nitro benzene ring substituents is 1. The van der Waals surface area contributed by atoms with Gasteiger partial charge in [0.2, 0.25) is 11.8 Å². The average molecular weight is 631 g/mol. The predicted octanol–water partition coefficient (Wildman–Crippen LogP) is 5.01. The first kappa shape index (κ1) is 33.3. The van der Waals surface area contributed by atoms with Crippen LogP contribution in [0.1, 0.15) is 37.0 Å². The van der Waals surface area contributed by atoms with Crippen molar-refractivity contribution in [3.05, 3.63) is 92.5 Å². The fraction of sp³-hybridized carbons (Fsp3) is 0.333. The van der Waals surface area contributed by atoms with E-state index < -0.39 is 49.9 Å². The topological polar surface area (TPSA) is 139 Å². The van der Waals surface area contributed by atoms with Gasteiger partial charge in [-0.15, -0.1) is 0 Å². The van der Waals surface area contributed by atoms with Crippen LogP contribution in [0.2, 0.25) is 5.02 Å². The molecular weight excluding hydrogens is 596 g/mol. The minimum absolute atomic E-state index is 0.0242. The van der Waals surface area contributed by atoms with Gasteiger partial charge >= 0.3 is 0 Å². The molecule has 3 rings (SSSR count). The van der Waals surface area contributed by atoms with E-state index in [4.69, 9.17) is 16.3 Å². The van der Waals surface area contributed by atoms with Crippen LogP contribution < -0.4 is 14.4 Å². The molecule has 0 saturated carbocycles. The number of methoxy groups -OCH3 is 1. The number of halogens is 1. The van der Waals surface area contributed by atoms with Gasteiger partial charge in [-0.3, -0.25) is 24.0 Å². The summed E-state index contributed by atoms with van der Waals surface area (Å²) < 4.78 is 34.5. The van der Waals surface area contributed by atoms with E-state index in [2.05, 4.69) is 5.32 Å². The molecule has 0 heterocycles. The molecule has 0 radical (unpaired) electrons. The zero-order valence-electron chi connectivity index (χ0n) is 24.7. The van der Waals surface area contributed by atoms with Gasteiger partial charge in [0.15, 0.2) is 0 Å². The Morgan fingerprint density at radius 1 is 1.07 bits per heavy atom. The van der Waals surface area contributed by atoms with Crippen LogP contribution in [0.5, 0.6) is 5.75 Å². The van der Waals surface area contributed by atoms with Crippen LogP contribution >= 0.6 is 11.6 Å². The summed E-state index contributed by atoms with van der Waals surface area (Å²) in [5.74, 6) is -0.987. The van der Waals surface area contributed by atoms with Crippen molar-refractivity contribution >= 4 is 44.8 Å². The number of sulfonamides is 1. The molecule has 0 aliphatic carbocycles. The highest BCUT2D eigenvalue weighted by Crippen LogP contribution is 2.36. The van der Waals surface area contributed by atoms with Crippen LogP contribution in [0.4, 0.5) is 11.4 Å². The van der Waals surface area contributed by atoms with Gasteiger partial charge in [-0.1, -0.05) is 54.4 Å². The molecule has 0 spiro atoms. The molecule has 11 nitrogen and oxygen atoms in total. The van der Waals surface area contributed by atoms with Crippen LogP contribution in [-0.2, 0) is 26.2 Å². The maximum Gasteiger partial charge on any atom is 0.273 e. The Balaban J connectivity index is 2.15. The van der Waals surface area contributed by atoms with Gasteiger partial charge in [0.1, 0.15) is 18.3 Å². The normalized spacial score (nSPS) is 11.9. The Hall–Kier alpha value is -4.16. The van der Waals surface area contributed by atoms with E-state index in [1.54, 1.807) is 6.92 Å². The number of benzene rings is 3. The third-order valence-corrected chi connectivity index (χ3v) is 8.83. The SMILES string of the molecule is CCCNC(=O)[C@@H](C)N(Cc1ccc(C)cc1)C(=O)CN(c1cc(Cl)ccc1OC)S(=O)(=O)c1ccc(C)c([N+](=O)[O-])c1. The van der Waals surface area contributed by atoms with E-state index in [0.717, 1.165) is 21.5 Å². The lowest BCUT2D eigenvalue weighted by Gasteiger charge is -2.32. The van der Waals surface area contributed by atoms with Crippen LogP contribution in [0.25, 0.3) is 0 Å². The molecular formula is C30H35ClN4O7S. The molecule has 0 aromatic heterocycles. The van der Waals surface area contributed by atoms with Crippen molar-refractivity contribution in [1.29, 1.82) is 0 Å². The smallest absolute Gasteiger partial charge is 0.273 e. The second-order valence-electron chi connectivity index (χ2n) is 10.0. The van der Waals surface area contributed by atoms with Gasteiger partial charge in [-0.25, -0.2) is 8.42 Å². The first-order chi connectivity index (χ1) is 20.3. The second-order valence-corrected chi connectivity index (χ2v) is 12.3. The summed E-state index contributed by atoms with van der Waals surface area (Å²) in [6, 6.07) is 14.2. The van der Waals surface area contributed by atoms with E-state index in [1.807, 2.05) is 38.1 Å². The second kappa shape index (κ2) is 14.3. The fourth-order valence-electron chi connectivity index (χ4n) is 4.31. The van der Waals surface area contributed by atoms with Gasteiger partial charge < -0.3 is 15.0 Å². The number of amides is 2. The summed E-state index contributed by atoms with van der Waals surface area (Å²) in [4.78, 5) is 38.9. The number of nitro groups is 1. The Kier molecular flexibility index (Phi) is 11.1. The summed E-state index contributed by atoms with van der Waals surface area (Å²) >= 11 is 6.25. The molecule has 43 heavy (non-hydrogen) atoms.